The highest BCUT2D eigenvalue weighted by Crippen LogP contribution is 2.32. The van der Waals surface area contributed by atoms with Crippen LogP contribution >= 0.6 is 0 Å². The molecule has 23 heavy (non-hydrogen) atoms. The van der Waals surface area contributed by atoms with Gasteiger partial charge in [-0.25, -0.2) is 13.2 Å². The van der Waals surface area contributed by atoms with E-state index >= 15 is 0 Å². The van der Waals surface area contributed by atoms with Crippen molar-refractivity contribution in [3.05, 3.63) is 0 Å². The molecule has 2 saturated heterocycles. The molecule has 0 N–H and O–H groups in total. The minimum atomic E-state index is -3.51. The van der Waals surface area contributed by atoms with Crippen LogP contribution in [-0.2, 0) is 39.6 Å². The number of hydroxylamine groups is 2. The molecule has 1 atom stereocenters. The first-order valence-corrected chi connectivity index (χ1v) is 7.63. The first-order chi connectivity index (χ1) is 10.7. The van der Waals surface area contributed by atoms with Crippen LogP contribution < -0.4 is 0 Å². The van der Waals surface area contributed by atoms with Gasteiger partial charge in [-0.1, -0.05) is 12.0 Å². The third-order valence-electron chi connectivity index (χ3n) is 3.44. The number of rotatable bonds is 4. The lowest BCUT2D eigenvalue weighted by atomic mass is 9.99. The predicted octanol–water partition coefficient (Wildman–Crippen LogP) is -1.36. The van der Waals surface area contributed by atoms with E-state index in [-0.39, 0.29) is 28.6 Å². The Hall–Kier alpha value is -2.50. The number of imide groups is 2. The molecule has 2 fully saturated rings. The molecule has 0 aromatic carbocycles. The zero-order chi connectivity index (χ0) is 17.4. The fourth-order valence-corrected chi connectivity index (χ4v) is 2.79. The zero-order valence-electron chi connectivity index (χ0n) is 11.8. The van der Waals surface area contributed by atoms with Crippen LogP contribution in [0.4, 0.5) is 4.79 Å². The third-order valence-corrected chi connectivity index (χ3v) is 4.17. The van der Waals surface area contributed by atoms with E-state index in [1.54, 1.807) is 0 Å². The molecular weight excluding hydrogens is 336 g/mol. The lowest BCUT2D eigenvalue weighted by molar-refractivity contribution is -0.182. The van der Waals surface area contributed by atoms with E-state index in [4.69, 9.17) is 4.74 Å². The summed E-state index contributed by atoms with van der Waals surface area (Å²) in [6.07, 6.45) is -2.70. The van der Waals surface area contributed by atoms with Gasteiger partial charge in [0, 0.05) is 12.8 Å². The SMILES string of the molecule is CCC1(OC(=O)ON2C(=O)CCC2=O)CC(=O)N([SH](=O)=O)C1=O. The predicted molar refractivity (Wildman–Crippen MR) is 68.5 cm³/mol. The van der Waals surface area contributed by atoms with E-state index in [9.17, 15) is 32.4 Å². The van der Waals surface area contributed by atoms with Crippen LogP contribution in [0.1, 0.15) is 32.6 Å². The highest BCUT2D eigenvalue weighted by Gasteiger charge is 2.56. The minimum absolute atomic E-state index is 0.0156. The quantitative estimate of drug-likeness (QED) is 0.370. The standard InChI is InChI=1S/C11H12N2O9S/c1-2-11(5-8(16)13(9(11)17)23(19)20)21-10(18)22-12-6(14)3-4-7(12)15/h23H,2-5H2,1H3. The van der Waals surface area contributed by atoms with Crippen LogP contribution in [0, 0.1) is 0 Å². The highest BCUT2D eigenvalue weighted by molar-refractivity contribution is 7.71. The molecule has 1 unspecified atom stereocenters. The Morgan fingerprint density at radius 2 is 1.70 bits per heavy atom. The van der Waals surface area contributed by atoms with Crippen LogP contribution in [0.15, 0.2) is 0 Å². The van der Waals surface area contributed by atoms with E-state index in [1.165, 1.54) is 6.92 Å². The molecule has 2 heterocycles. The van der Waals surface area contributed by atoms with Gasteiger partial charge in [0.2, 0.25) is 22.4 Å². The van der Waals surface area contributed by atoms with E-state index in [2.05, 4.69) is 4.84 Å². The van der Waals surface area contributed by atoms with Crippen LogP contribution in [0.3, 0.4) is 0 Å². The summed E-state index contributed by atoms with van der Waals surface area (Å²) in [6.45, 7) is 1.39. The molecule has 126 valence electrons. The molecule has 2 rings (SSSR count). The van der Waals surface area contributed by atoms with Gasteiger partial charge in [0.05, 0.1) is 6.42 Å². The second-order valence-electron chi connectivity index (χ2n) is 4.80. The van der Waals surface area contributed by atoms with Crippen LogP contribution in [0.25, 0.3) is 0 Å². The van der Waals surface area contributed by atoms with E-state index in [1.807, 2.05) is 0 Å². The molecule has 0 spiro atoms. The van der Waals surface area contributed by atoms with Crippen LogP contribution in [0.2, 0.25) is 0 Å². The van der Waals surface area contributed by atoms with E-state index in [0.717, 1.165) is 0 Å². The normalized spacial score (nSPS) is 24.8. The Morgan fingerprint density at radius 1 is 1.13 bits per heavy atom. The van der Waals surface area contributed by atoms with Gasteiger partial charge in [-0.3, -0.25) is 24.0 Å². The molecule has 0 bridgehead atoms. The maximum Gasteiger partial charge on any atom is 0.535 e. The number of carbonyl (C=O) groups excluding carboxylic acids is 5. The van der Waals surface area contributed by atoms with Crippen molar-refractivity contribution in [3.8, 4) is 0 Å². The number of carbonyl (C=O) groups is 5. The summed E-state index contributed by atoms with van der Waals surface area (Å²) in [5.41, 5.74) is -2.05. The lowest BCUT2D eigenvalue weighted by Gasteiger charge is -2.24. The number of amides is 4. The summed E-state index contributed by atoms with van der Waals surface area (Å²) in [6, 6.07) is 0. The molecule has 2 aliphatic rings. The zero-order valence-corrected chi connectivity index (χ0v) is 12.7. The first kappa shape index (κ1) is 16.9. The molecule has 11 nitrogen and oxygen atoms in total. The van der Waals surface area contributed by atoms with Gasteiger partial charge in [-0.2, -0.15) is 4.31 Å². The molecule has 2 aliphatic heterocycles. The number of nitrogens with zero attached hydrogens (tertiary/aromatic N) is 2. The lowest BCUT2D eigenvalue weighted by Crippen LogP contribution is -2.44. The summed E-state index contributed by atoms with van der Waals surface area (Å²) < 4.78 is 26.6. The van der Waals surface area contributed by atoms with Crippen molar-refractivity contribution in [3.63, 3.8) is 0 Å². The second-order valence-corrected chi connectivity index (χ2v) is 5.67. The molecule has 4 amide bonds. The Morgan fingerprint density at radius 3 is 2.13 bits per heavy atom. The number of thiol groups is 1. The van der Waals surface area contributed by atoms with Gasteiger partial charge in [0.15, 0.2) is 0 Å². The van der Waals surface area contributed by atoms with E-state index < -0.39 is 52.7 Å². The Bertz CT molecular complexity index is 661. The van der Waals surface area contributed by atoms with Crippen molar-refractivity contribution < 1.29 is 42.0 Å². The van der Waals surface area contributed by atoms with Crippen molar-refractivity contribution in [1.82, 2.24) is 9.37 Å². The fraction of sp³-hybridized carbons (Fsp3) is 0.545. The van der Waals surface area contributed by atoms with Crippen molar-refractivity contribution >= 4 is 40.7 Å². The van der Waals surface area contributed by atoms with E-state index in [0.29, 0.717) is 0 Å². The Kier molecular flexibility index (Phi) is 4.36. The van der Waals surface area contributed by atoms with Crippen molar-refractivity contribution in [1.29, 1.82) is 0 Å². The molecule has 0 aliphatic carbocycles. The van der Waals surface area contributed by atoms with Gasteiger partial charge in [-0.15, -0.1) is 0 Å². The minimum Gasteiger partial charge on any atom is -0.415 e. The summed E-state index contributed by atoms with van der Waals surface area (Å²) in [5.74, 6) is -3.78. The van der Waals surface area contributed by atoms with Crippen LogP contribution in [-0.4, -0.2) is 53.2 Å². The number of hydrogen-bond acceptors (Lipinski definition) is 9. The van der Waals surface area contributed by atoms with Crippen molar-refractivity contribution in [2.24, 2.45) is 0 Å². The Balaban J connectivity index is 2.15. The molecule has 0 aromatic rings. The molecular formula is C11H12N2O9S. The average molecular weight is 348 g/mol. The second kappa shape index (κ2) is 5.95. The maximum absolute atomic E-state index is 12.1. The molecule has 0 aromatic heterocycles. The summed E-state index contributed by atoms with van der Waals surface area (Å²) >= 11 is 0. The summed E-state index contributed by atoms with van der Waals surface area (Å²) in [4.78, 5) is 62.5. The first-order valence-electron chi connectivity index (χ1n) is 6.50. The average Bonchev–Trinajstić information content (AvgIpc) is 2.90. The van der Waals surface area contributed by atoms with Crippen molar-refractivity contribution in [2.75, 3.05) is 0 Å². The largest absolute Gasteiger partial charge is 0.535 e. The topological polar surface area (TPSA) is 144 Å². The highest BCUT2D eigenvalue weighted by atomic mass is 32.2. The molecule has 12 heteroatoms. The number of hydrogen-bond donors (Lipinski definition) is 1. The summed E-state index contributed by atoms with van der Waals surface area (Å²) in [7, 11) is -3.51. The van der Waals surface area contributed by atoms with Crippen molar-refractivity contribution in [2.45, 2.75) is 38.2 Å². The maximum atomic E-state index is 12.1. The van der Waals surface area contributed by atoms with Gasteiger partial charge in [0.25, 0.3) is 17.7 Å². The Labute approximate surface area is 131 Å². The molecule has 0 radical (unpaired) electrons. The number of ether oxygens (including phenoxy) is 1. The molecule has 0 saturated carbocycles. The summed E-state index contributed by atoms with van der Waals surface area (Å²) in [5, 5.41) is 0.207. The third kappa shape index (κ3) is 2.88. The fourth-order valence-electron chi connectivity index (χ4n) is 2.20. The van der Waals surface area contributed by atoms with Gasteiger partial charge < -0.3 is 4.74 Å². The smallest absolute Gasteiger partial charge is 0.415 e. The van der Waals surface area contributed by atoms with Gasteiger partial charge >= 0.3 is 6.16 Å². The van der Waals surface area contributed by atoms with Gasteiger partial charge in [0.1, 0.15) is 0 Å². The van der Waals surface area contributed by atoms with Gasteiger partial charge in [-0.05, 0) is 6.42 Å². The monoisotopic (exact) mass is 348 g/mol. The van der Waals surface area contributed by atoms with Crippen LogP contribution in [0.5, 0.6) is 0 Å².